The van der Waals surface area contributed by atoms with E-state index in [-0.39, 0.29) is 0 Å². The molecule has 14 heavy (non-hydrogen) atoms. The van der Waals surface area contributed by atoms with Crippen LogP contribution in [0.3, 0.4) is 0 Å². The third-order valence-corrected chi connectivity index (χ3v) is 2.74. The van der Waals surface area contributed by atoms with Crippen LogP contribution >= 0.6 is 15.9 Å². The van der Waals surface area contributed by atoms with Gasteiger partial charge in [0, 0.05) is 11.9 Å². The fourth-order valence-electron chi connectivity index (χ4n) is 1.46. The number of aryl methyl sites for hydroxylation is 1. The number of hydrogen-bond donors (Lipinski definition) is 0. The molecule has 74 valence electrons. The molecule has 2 rings (SSSR count). The van der Waals surface area contributed by atoms with Crippen molar-refractivity contribution in [3.8, 4) is 5.75 Å². The van der Waals surface area contributed by atoms with Gasteiger partial charge in [-0.3, -0.25) is 4.68 Å². The number of rotatable bonds is 2. The number of fused-ring (bicyclic) bond motifs is 1. The molecule has 0 bridgehead atoms. The Balaban J connectivity index is 2.65. The van der Waals surface area contributed by atoms with E-state index in [4.69, 9.17) is 8.85 Å². The molecular formula is C10H11BrN2O. The van der Waals surface area contributed by atoms with Crippen molar-refractivity contribution in [1.29, 1.82) is 0 Å². The van der Waals surface area contributed by atoms with Crippen molar-refractivity contribution in [2.75, 3.05) is 7.04 Å². The summed E-state index contributed by atoms with van der Waals surface area (Å²) >= 11 is 3.30. The average molecular weight is 258 g/mol. The predicted molar refractivity (Wildman–Crippen MR) is 59.7 cm³/mol. The first-order valence-electron chi connectivity index (χ1n) is 5.75. The molecule has 0 saturated heterocycles. The highest BCUT2D eigenvalue weighted by atomic mass is 79.9. The van der Waals surface area contributed by atoms with Crippen LogP contribution in [0.5, 0.6) is 5.75 Å². The van der Waals surface area contributed by atoms with E-state index < -0.39 is 7.04 Å². The van der Waals surface area contributed by atoms with Crippen molar-refractivity contribution in [2.24, 2.45) is 0 Å². The lowest BCUT2D eigenvalue weighted by Gasteiger charge is -2.07. The summed E-state index contributed by atoms with van der Waals surface area (Å²) in [7, 11) is -2.47. The Morgan fingerprint density at radius 3 is 3.21 bits per heavy atom. The second kappa shape index (κ2) is 3.61. The van der Waals surface area contributed by atoms with Crippen molar-refractivity contribution < 1.29 is 8.85 Å². The fourth-order valence-corrected chi connectivity index (χ4v) is 1.86. The molecule has 0 aliphatic carbocycles. The highest BCUT2D eigenvalue weighted by molar-refractivity contribution is 9.10. The van der Waals surface area contributed by atoms with E-state index in [1.807, 2.05) is 13.0 Å². The Labute approximate surface area is 95.0 Å². The summed E-state index contributed by atoms with van der Waals surface area (Å²) in [5.41, 5.74) is 0.693. The lowest BCUT2D eigenvalue weighted by atomic mass is 10.2. The summed E-state index contributed by atoms with van der Waals surface area (Å²) in [6.45, 7) is 2.59. The number of aromatic nitrogens is 2. The number of nitrogens with zero attached hydrogens (tertiary/aromatic N) is 2. The summed E-state index contributed by atoms with van der Waals surface area (Å²) < 4.78 is 28.9. The number of ether oxygens (including phenoxy) is 1. The minimum Gasteiger partial charge on any atom is -0.493 e. The van der Waals surface area contributed by atoms with Gasteiger partial charge in [0.25, 0.3) is 0 Å². The van der Waals surface area contributed by atoms with Crippen molar-refractivity contribution in [1.82, 2.24) is 9.78 Å². The smallest absolute Gasteiger partial charge is 0.158 e. The Morgan fingerprint density at radius 1 is 1.64 bits per heavy atom. The molecule has 0 spiro atoms. The van der Waals surface area contributed by atoms with Crippen molar-refractivity contribution in [3.63, 3.8) is 0 Å². The first kappa shape index (κ1) is 6.45. The minimum absolute atomic E-state index is 0.307. The van der Waals surface area contributed by atoms with Gasteiger partial charge in [-0.2, -0.15) is 5.10 Å². The molecule has 0 amide bonds. The van der Waals surface area contributed by atoms with Gasteiger partial charge in [-0.15, -0.1) is 0 Å². The lowest BCUT2D eigenvalue weighted by molar-refractivity contribution is 0.414. The molecule has 1 aromatic carbocycles. The summed E-state index contributed by atoms with van der Waals surface area (Å²) in [4.78, 5) is 0. The van der Waals surface area contributed by atoms with Crippen LogP contribution in [0.15, 0.2) is 22.8 Å². The predicted octanol–water partition coefficient (Wildman–Crippen LogP) is 2.83. The molecule has 0 radical (unpaired) electrons. The molecule has 0 fully saturated rings. The Hall–Kier alpha value is -1.03. The van der Waals surface area contributed by atoms with Gasteiger partial charge in [0.1, 0.15) is 5.52 Å². The molecule has 0 unspecified atom stereocenters. The zero-order valence-electron chi connectivity index (χ0n) is 10.6. The van der Waals surface area contributed by atoms with Crippen LogP contribution in [0.2, 0.25) is 0 Å². The maximum atomic E-state index is 7.18. The number of hydrogen-bond acceptors (Lipinski definition) is 2. The van der Waals surface area contributed by atoms with Gasteiger partial charge < -0.3 is 4.74 Å². The van der Waals surface area contributed by atoms with Gasteiger partial charge in [-0.25, -0.2) is 0 Å². The Morgan fingerprint density at radius 2 is 2.50 bits per heavy atom. The molecule has 3 nitrogen and oxygen atoms in total. The molecule has 0 saturated carbocycles. The van der Waals surface area contributed by atoms with E-state index in [9.17, 15) is 0 Å². The molecule has 0 aliphatic rings. The summed E-state index contributed by atoms with van der Waals surface area (Å²) in [5.74, 6) is 0.307. The third-order valence-electron chi connectivity index (χ3n) is 2.11. The van der Waals surface area contributed by atoms with Crippen LogP contribution in [0.1, 0.15) is 11.0 Å². The molecule has 2 aromatic rings. The number of methoxy groups -OCH3 is 1. The standard InChI is InChI=1S/C10H11BrN2O/c1-3-13-9-7(6-12-13)4-5-8(11)10(9)14-2/h4-6H,3H2,1-2H3/i2D3. The highest BCUT2D eigenvalue weighted by Gasteiger charge is 2.10. The van der Waals surface area contributed by atoms with Crippen molar-refractivity contribution in [3.05, 3.63) is 22.8 Å². The first-order valence-corrected chi connectivity index (χ1v) is 5.04. The van der Waals surface area contributed by atoms with Crippen molar-refractivity contribution in [2.45, 2.75) is 13.5 Å². The molecule has 4 heteroatoms. The summed E-state index contributed by atoms with van der Waals surface area (Å²) in [6.07, 6.45) is 1.69. The molecule has 0 aliphatic heterocycles. The van der Waals surface area contributed by atoms with Gasteiger partial charge in [-0.1, -0.05) is 0 Å². The third kappa shape index (κ3) is 1.30. The second-order valence-corrected chi connectivity index (χ2v) is 3.73. The van der Waals surface area contributed by atoms with Crippen LogP contribution in [-0.2, 0) is 6.54 Å². The van der Waals surface area contributed by atoms with Gasteiger partial charge in [0.15, 0.2) is 5.75 Å². The van der Waals surface area contributed by atoms with E-state index in [2.05, 4.69) is 21.0 Å². The average Bonchev–Trinajstić information content (AvgIpc) is 2.64. The van der Waals surface area contributed by atoms with Crippen LogP contribution < -0.4 is 4.74 Å². The minimum atomic E-state index is -2.47. The van der Waals surface area contributed by atoms with Crippen LogP contribution in [-0.4, -0.2) is 16.8 Å². The highest BCUT2D eigenvalue weighted by Crippen LogP contribution is 2.33. The van der Waals surface area contributed by atoms with E-state index in [1.54, 1.807) is 16.9 Å². The van der Waals surface area contributed by atoms with Gasteiger partial charge in [0.2, 0.25) is 0 Å². The fraction of sp³-hybridized carbons (Fsp3) is 0.300. The van der Waals surface area contributed by atoms with E-state index in [0.29, 0.717) is 22.3 Å². The lowest BCUT2D eigenvalue weighted by Crippen LogP contribution is -1.97. The second-order valence-electron chi connectivity index (χ2n) is 2.88. The summed E-state index contributed by atoms with van der Waals surface area (Å²) in [6, 6.07) is 3.62. The zero-order valence-corrected chi connectivity index (χ0v) is 9.21. The summed E-state index contributed by atoms with van der Waals surface area (Å²) in [5, 5.41) is 5.03. The maximum Gasteiger partial charge on any atom is 0.158 e. The normalized spacial score (nSPS) is 14.9. The van der Waals surface area contributed by atoms with Crippen LogP contribution in [0, 0.1) is 0 Å². The van der Waals surface area contributed by atoms with Gasteiger partial charge in [0.05, 0.1) is 21.8 Å². The largest absolute Gasteiger partial charge is 0.493 e. The molecule has 0 atom stereocenters. The molecule has 1 heterocycles. The first-order chi connectivity index (χ1) is 7.92. The molecule has 0 N–H and O–H groups in total. The number of benzene rings is 1. The van der Waals surface area contributed by atoms with E-state index in [1.165, 1.54) is 0 Å². The van der Waals surface area contributed by atoms with Crippen molar-refractivity contribution >= 4 is 26.8 Å². The SMILES string of the molecule is [2H]C([2H])([2H])Oc1c(Br)ccc2cnn(CC)c12. The van der Waals surface area contributed by atoms with E-state index >= 15 is 0 Å². The topological polar surface area (TPSA) is 27.1 Å². The number of halogens is 1. The Kier molecular flexibility index (Phi) is 1.66. The quantitative estimate of drug-likeness (QED) is 0.828. The van der Waals surface area contributed by atoms with Crippen LogP contribution in [0.25, 0.3) is 10.9 Å². The zero-order chi connectivity index (χ0) is 12.6. The molecule has 1 aromatic heterocycles. The molecular weight excluding hydrogens is 244 g/mol. The van der Waals surface area contributed by atoms with Gasteiger partial charge >= 0.3 is 0 Å². The maximum absolute atomic E-state index is 7.18. The van der Waals surface area contributed by atoms with E-state index in [0.717, 1.165) is 5.39 Å². The van der Waals surface area contributed by atoms with Crippen LogP contribution in [0.4, 0.5) is 0 Å². The van der Waals surface area contributed by atoms with Gasteiger partial charge in [-0.05, 0) is 35.0 Å². The Bertz CT molecular complexity index is 550. The monoisotopic (exact) mass is 257 g/mol.